The van der Waals surface area contributed by atoms with Crippen LogP contribution in [-0.4, -0.2) is 77.9 Å². The molecule has 7 rings (SSSR count). The predicted octanol–water partition coefficient (Wildman–Crippen LogP) is 2.98. The number of aryl methyl sites for hydroxylation is 1. The number of aliphatic hydroxyl groups is 1. The number of hydrogen-bond donors (Lipinski definition) is 4. The second-order valence-electron chi connectivity index (χ2n) is 10.9. The van der Waals surface area contributed by atoms with Crippen molar-refractivity contribution in [3.63, 3.8) is 0 Å². The second-order valence-corrected chi connectivity index (χ2v) is 10.9. The van der Waals surface area contributed by atoms with E-state index < -0.39 is 17.6 Å². The zero-order valence-corrected chi connectivity index (χ0v) is 23.0. The SMILES string of the molecule is CC(O)(NC(=O)N1CCOCC1)c1cnn2c(NC3CCc4[nH]c5ccccc5c4C3)nc(-c3cncc(F)c3)nc12. The predicted molar refractivity (Wildman–Crippen MR) is 152 cm³/mol. The van der Waals surface area contributed by atoms with E-state index in [2.05, 4.69) is 42.8 Å². The summed E-state index contributed by atoms with van der Waals surface area (Å²) in [5.41, 5.74) is 2.71. The van der Waals surface area contributed by atoms with Gasteiger partial charge in [-0.2, -0.15) is 14.6 Å². The molecule has 1 aromatic carbocycles. The first-order valence-electron chi connectivity index (χ1n) is 13.9. The number of benzene rings is 1. The molecule has 216 valence electrons. The van der Waals surface area contributed by atoms with Crippen molar-refractivity contribution in [3.8, 4) is 11.4 Å². The second kappa shape index (κ2) is 10.3. The highest BCUT2D eigenvalue weighted by Gasteiger charge is 2.33. The number of morpholine rings is 1. The molecule has 13 heteroatoms. The van der Waals surface area contributed by atoms with Crippen LogP contribution in [0.4, 0.5) is 15.1 Å². The summed E-state index contributed by atoms with van der Waals surface area (Å²) in [5, 5.41) is 23.4. The number of pyridine rings is 1. The van der Waals surface area contributed by atoms with Gasteiger partial charge in [0.05, 0.1) is 31.2 Å². The lowest BCUT2D eigenvalue weighted by Gasteiger charge is -2.31. The fourth-order valence-corrected chi connectivity index (χ4v) is 5.77. The van der Waals surface area contributed by atoms with Gasteiger partial charge in [0, 0.05) is 47.5 Å². The number of aromatic nitrogens is 6. The molecule has 12 nitrogen and oxygen atoms in total. The zero-order chi connectivity index (χ0) is 28.8. The van der Waals surface area contributed by atoms with Crippen LogP contribution in [0.1, 0.15) is 30.2 Å². The number of urea groups is 1. The lowest BCUT2D eigenvalue weighted by atomic mass is 9.91. The highest BCUT2D eigenvalue weighted by Crippen LogP contribution is 2.31. The lowest BCUT2D eigenvalue weighted by molar-refractivity contribution is 0.0135. The Morgan fingerprint density at radius 2 is 2.02 bits per heavy atom. The Hall–Kier alpha value is -4.62. The number of carbonyl (C=O) groups is 1. The number of nitrogens with one attached hydrogen (secondary N) is 3. The highest BCUT2D eigenvalue weighted by atomic mass is 19.1. The summed E-state index contributed by atoms with van der Waals surface area (Å²) in [6, 6.07) is 9.17. The molecular weight excluding hydrogens is 541 g/mol. The van der Waals surface area contributed by atoms with Crippen LogP contribution in [0.3, 0.4) is 0 Å². The third-order valence-electron chi connectivity index (χ3n) is 7.93. The molecule has 1 saturated heterocycles. The summed E-state index contributed by atoms with van der Waals surface area (Å²) >= 11 is 0. The van der Waals surface area contributed by atoms with Gasteiger partial charge in [0.15, 0.2) is 17.2 Å². The van der Waals surface area contributed by atoms with Gasteiger partial charge in [0.1, 0.15) is 5.82 Å². The number of rotatable bonds is 5. The Morgan fingerprint density at radius 1 is 1.19 bits per heavy atom. The number of aromatic amines is 1. The molecule has 0 radical (unpaired) electrons. The molecule has 4 N–H and O–H groups in total. The topological polar surface area (TPSA) is 146 Å². The molecule has 1 fully saturated rings. The molecule has 0 saturated carbocycles. The van der Waals surface area contributed by atoms with Crippen LogP contribution in [0.15, 0.2) is 48.9 Å². The van der Waals surface area contributed by atoms with Gasteiger partial charge >= 0.3 is 6.03 Å². The Balaban J connectivity index is 1.25. The van der Waals surface area contributed by atoms with E-state index in [4.69, 9.17) is 9.72 Å². The Bertz CT molecular complexity index is 1790. The zero-order valence-electron chi connectivity index (χ0n) is 23.0. The van der Waals surface area contributed by atoms with Crippen molar-refractivity contribution < 1.29 is 19.0 Å². The number of hydrogen-bond acceptors (Lipinski definition) is 8. The molecule has 4 aromatic heterocycles. The van der Waals surface area contributed by atoms with Gasteiger partial charge in [0.2, 0.25) is 5.95 Å². The third kappa shape index (κ3) is 4.80. The van der Waals surface area contributed by atoms with Crippen LogP contribution in [0.25, 0.3) is 27.9 Å². The number of ether oxygens (including phenoxy) is 1. The maximum absolute atomic E-state index is 14.2. The minimum absolute atomic E-state index is 0.0301. The van der Waals surface area contributed by atoms with Crippen LogP contribution in [-0.2, 0) is 23.3 Å². The smallest absolute Gasteiger partial charge is 0.320 e. The molecule has 2 atom stereocenters. The molecule has 2 amide bonds. The molecule has 5 heterocycles. The van der Waals surface area contributed by atoms with E-state index in [1.54, 1.807) is 4.90 Å². The monoisotopic (exact) mass is 571 g/mol. The van der Waals surface area contributed by atoms with Crippen molar-refractivity contribution in [1.29, 1.82) is 0 Å². The summed E-state index contributed by atoms with van der Waals surface area (Å²) in [4.78, 5) is 31.4. The largest absolute Gasteiger partial charge is 0.378 e. The number of amides is 2. The first-order chi connectivity index (χ1) is 20.4. The minimum atomic E-state index is -1.82. The average Bonchev–Trinajstić information content (AvgIpc) is 3.60. The summed E-state index contributed by atoms with van der Waals surface area (Å²) < 4.78 is 21.0. The number of para-hydroxylation sites is 1. The normalized spacial score (nSPS) is 18.5. The quantitative estimate of drug-likeness (QED) is 0.236. The number of carbonyl (C=O) groups excluding carboxylic acids is 1. The minimum Gasteiger partial charge on any atom is -0.378 e. The van der Waals surface area contributed by atoms with Crippen LogP contribution in [0.2, 0.25) is 0 Å². The van der Waals surface area contributed by atoms with Crippen molar-refractivity contribution in [1.82, 2.24) is 39.8 Å². The Morgan fingerprint density at radius 3 is 2.86 bits per heavy atom. The summed E-state index contributed by atoms with van der Waals surface area (Å²) in [5.74, 6) is 0.0647. The molecule has 2 aliphatic rings. The van der Waals surface area contributed by atoms with Crippen molar-refractivity contribution in [3.05, 3.63) is 71.6 Å². The number of halogens is 1. The first kappa shape index (κ1) is 26.3. The molecule has 42 heavy (non-hydrogen) atoms. The first-order valence-corrected chi connectivity index (χ1v) is 13.9. The van der Waals surface area contributed by atoms with Gasteiger partial charge in [0.25, 0.3) is 0 Å². The van der Waals surface area contributed by atoms with E-state index in [9.17, 15) is 14.3 Å². The summed E-state index contributed by atoms with van der Waals surface area (Å²) in [7, 11) is 0. The van der Waals surface area contributed by atoms with Crippen molar-refractivity contribution >= 4 is 28.5 Å². The number of H-pyrrole nitrogens is 1. The van der Waals surface area contributed by atoms with E-state index in [0.29, 0.717) is 37.8 Å². The van der Waals surface area contributed by atoms with E-state index in [0.717, 1.165) is 31.0 Å². The number of anilines is 1. The highest BCUT2D eigenvalue weighted by molar-refractivity contribution is 5.85. The lowest BCUT2D eigenvalue weighted by Crippen LogP contribution is -2.52. The molecule has 1 aliphatic heterocycles. The molecule has 1 aliphatic carbocycles. The van der Waals surface area contributed by atoms with E-state index in [1.165, 1.54) is 46.5 Å². The summed E-state index contributed by atoms with van der Waals surface area (Å²) in [6.45, 7) is 3.18. The number of fused-ring (bicyclic) bond motifs is 4. The molecule has 2 unspecified atom stereocenters. The maximum atomic E-state index is 14.2. The molecule has 0 bridgehead atoms. The van der Waals surface area contributed by atoms with E-state index in [1.807, 2.05) is 12.1 Å². The van der Waals surface area contributed by atoms with Gasteiger partial charge < -0.3 is 30.4 Å². The van der Waals surface area contributed by atoms with Crippen LogP contribution in [0.5, 0.6) is 0 Å². The van der Waals surface area contributed by atoms with E-state index >= 15 is 0 Å². The Kier molecular flexibility index (Phi) is 6.47. The molecular formula is C29H30FN9O3. The van der Waals surface area contributed by atoms with Crippen molar-refractivity contribution in [2.24, 2.45) is 0 Å². The van der Waals surface area contributed by atoms with Gasteiger partial charge in [-0.3, -0.25) is 4.98 Å². The van der Waals surface area contributed by atoms with Crippen molar-refractivity contribution in [2.45, 2.75) is 38.0 Å². The van der Waals surface area contributed by atoms with Gasteiger partial charge in [-0.25, -0.2) is 14.2 Å². The molecule has 0 spiro atoms. The van der Waals surface area contributed by atoms with Crippen molar-refractivity contribution in [2.75, 3.05) is 31.6 Å². The maximum Gasteiger partial charge on any atom is 0.320 e. The fraction of sp³-hybridized carbons (Fsp3) is 0.345. The van der Waals surface area contributed by atoms with E-state index in [-0.39, 0.29) is 23.1 Å². The van der Waals surface area contributed by atoms with Crippen LogP contribution >= 0.6 is 0 Å². The summed E-state index contributed by atoms with van der Waals surface area (Å²) in [6.07, 6.45) is 6.53. The average molecular weight is 572 g/mol. The van der Waals surface area contributed by atoms with Gasteiger partial charge in [-0.05, 0) is 43.9 Å². The fourth-order valence-electron chi connectivity index (χ4n) is 5.77. The standard InChI is InChI=1S/C29H30FN9O3/c1-29(41,37-28(40)38-8-10-42-11-9-38)22-16-32-39-26(22)35-25(17-12-18(30)15-31-14-17)36-27(39)33-19-6-7-24-21(13-19)20-4-2-3-5-23(20)34-24/h2-5,12,14-16,19,34,41H,6-11,13H2,1H3,(H,37,40)(H,33,35,36). The van der Waals surface area contributed by atoms with Crippen LogP contribution < -0.4 is 10.6 Å². The molecule has 5 aromatic rings. The number of nitrogens with zero attached hydrogens (tertiary/aromatic N) is 6. The Labute approximate surface area is 239 Å². The van der Waals surface area contributed by atoms with Crippen LogP contribution in [0, 0.1) is 5.82 Å². The third-order valence-corrected chi connectivity index (χ3v) is 7.93. The van der Waals surface area contributed by atoms with Gasteiger partial charge in [-0.1, -0.05) is 18.2 Å². The van der Waals surface area contributed by atoms with Gasteiger partial charge in [-0.15, -0.1) is 0 Å².